The highest BCUT2D eigenvalue weighted by molar-refractivity contribution is 4.87. The van der Waals surface area contributed by atoms with Crippen molar-refractivity contribution in [1.82, 2.24) is 20.6 Å². The molecule has 0 saturated carbocycles. The summed E-state index contributed by atoms with van der Waals surface area (Å²) in [7, 11) is 0. The molecule has 1 aliphatic rings. The average molecular weight is 264 g/mol. The fourth-order valence-corrected chi connectivity index (χ4v) is 2.85. The molecule has 1 saturated heterocycles. The van der Waals surface area contributed by atoms with Gasteiger partial charge >= 0.3 is 0 Å². The number of H-pyrrole nitrogens is 1. The van der Waals surface area contributed by atoms with E-state index in [1.807, 2.05) is 12.4 Å². The lowest BCUT2D eigenvalue weighted by atomic mass is 10.0. The first-order valence-corrected chi connectivity index (χ1v) is 7.79. The standard InChI is InChI=1S/C15H28N4/c1-13(12-14-6-3-2-4-8-17-14)16-9-5-7-15-18-10-11-19-15/h10-11,13-14,16-17H,2-9,12H2,1H3,(H,18,19). The van der Waals surface area contributed by atoms with Crippen LogP contribution in [-0.2, 0) is 6.42 Å². The van der Waals surface area contributed by atoms with E-state index in [0.717, 1.165) is 31.3 Å². The molecule has 0 amide bonds. The number of imidazole rings is 1. The van der Waals surface area contributed by atoms with E-state index in [-0.39, 0.29) is 0 Å². The Morgan fingerprint density at radius 3 is 3.21 bits per heavy atom. The third kappa shape index (κ3) is 5.74. The van der Waals surface area contributed by atoms with Crippen molar-refractivity contribution in [3.8, 4) is 0 Å². The molecule has 4 heteroatoms. The average Bonchev–Trinajstić information content (AvgIpc) is 2.79. The Bertz CT molecular complexity index is 315. The lowest BCUT2D eigenvalue weighted by Crippen LogP contribution is -2.37. The molecule has 1 aromatic heterocycles. The Kier molecular flexibility index (Phi) is 6.37. The quantitative estimate of drug-likeness (QED) is 0.662. The molecule has 0 aromatic carbocycles. The molecule has 3 N–H and O–H groups in total. The van der Waals surface area contributed by atoms with Crippen molar-refractivity contribution >= 4 is 0 Å². The van der Waals surface area contributed by atoms with Crippen LogP contribution in [0, 0.1) is 0 Å². The van der Waals surface area contributed by atoms with Crippen LogP contribution in [0.15, 0.2) is 12.4 Å². The van der Waals surface area contributed by atoms with Crippen LogP contribution in [0.5, 0.6) is 0 Å². The lowest BCUT2D eigenvalue weighted by molar-refractivity contribution is 0.401. The van der Waals surface area contributed by atoms with Gasteiger partial charge in [-0.2, -0.15) is 0 Å². The number of aromatic amines is 1. The van der Waals surface area contributed by atoms with Gasteiger partial charge in [-0.25, -0.2) is 4.98 Å². The molecule has 1 fully saturated rings. The monoisotopic (exact) mass is 264 g/mol. The van der Waals surface area contributed by atoms with E-state index in [9.17, 15) is 0 Å². The Morgan fingerprint density at radius 2 is 2.37 bits per heavy atom. The Balaban J connectivity index is 1.54. The van der Waals surface area contributed by atoms with E-state index in [1.54, 1.807) is 0 Å². The number of hydrogen-bond acceptors (Lipinski definition) is 3. The molecule has 2 heterocycles. The van der Waals surface area contributed by atoms with Crippen molar-refractivity contribution in [2.75, 3.05) is 13.1 Å². The first-order chi connectivity index (χ1) is 9.34. The summed E-state index contributed by atoms with van der Waals surface area (Å²) >= 11 is 0. The minimum Gasteiger partial charge on any atom is -0.349 e. The first kappa shape index (κ1) is 14.5. The van der Waals surface area contributed by atoms with Gasteiger partial charge in [0, 0.05) is 30.9 Å². The van der Waals surface area contributed by atoms with Gasteiger partial charge in [-0.05, 0) is 45.7 Å². The van der Waals surface area contributed by atoms with Gasteiger partial charge < -0.3 is 15.6 Å². The fourth-order valence-electron chi connectivity index (χ4n) is 2.85. The maximum Gasteiger partial charge on any atom is 0.106 e. The molecule has 4 nitrogen and oxygen atoms in total. The van der Waals surface area contributed by atoms with E-state index < -0.39 is 0 Å². The van der Waals surface area contributed by atoms with Crippen LogP contribution in [0.3, 0.4) is 0 Å². The van der Waals surface area contributed by atoms with Gasteiger partial charge in [0.15, 0.2) is 0 Å². The van der Waals surface area contributed by atoms with Crippen LogP contribution < -0.4 is 10.6 Å². The molecule has 19 heavy (non-hydrogen) atoms. The summed E-state index contributed by atoms with van der Waals surface area (Å²) in [6, 6.07) is 1.32. The molecular weight excluding hydrogens is 236 g/mol. The number of hydrogen-bond donors (Lipinski definition) is 3. The second kappa shape index (κ2) is 8.33. The Labute approximate surface area is 116 Å². The summed E-state index contributed by atoms with van der Waals surface area (Å²) in [4.78, 5) is 7.39. The second-order valence-electron chi connectivity index (χ2n) is 5.73. The van der Waals surface area contributed by atoms with Crippen molar-refractivity contribution in [2.24, 2.45) is 0 Å². The first-order valence-electron chi connectivity index (χ1n) is 7.79. The van der Waals surface area contributed by atoms with Crippen molar-refractivity contribution < 1.29 is 0 Å². The zero-order valence-corrected chi connectivity index (χ0v) is 12.1. The van der Waals surface area contributed by atoms with Crippen molar-refractivity contribution in [3.63, 3.8) is 0 Å². The van der Waals surface area contributed by atoms with Gasteiger partial charge in [-0.1, -0.05) is 12.8 Å². The summed E-state index contributed by atoms with van der Waals surface area (Å²) in [5.41, 5.74) is 0. The zero-order chi connectivity index (χ0) is 13.3. The highest BCUT2D eigenvalue weighted by Gasteiger charge is 2.14. The number of aryl methyl sites for hydroxylation is 1. The number of rotatable bonds is 7. The smallest absolute Gasteiger partial charge is 0.106 e. The molecule has 2 rings (SSSR count). The van der Waals surface area contributed by atoms with Gasteiger partial charge in [-0.15, -0.1) is 0 Å². The van der Waals surface area contributed by atoms with E-state index in [0.29, 0.717) is 6.04 Å². The molecule has 2 atom stereocenters. The van der Waals surface area contributed by atoms with Crippen LogP contribution in [0.25, 0.3) is 0 Å². The third-order valence-electron chi connectivity index (χ3n) is 3.94. The van der Waals surface area contributed by atoms with Gasteiger partial charge in [0.1, 0.15) is 5.82 Å². The predicted octanol–water partition coefficient (Wildman–Crippen LogP) is 2.24. The molecule has 1 aromatic rings. The molecule has 108 valence electrons. The van der Waals surface area contributed by atoms with E-state index in [1.165, 1.54) is 38.6 Å². The molecular formula is C15H28N4. The normalized spacial score (nSPS) is 22.1. The molecule has 0 bridgehead atoms. The number of nitrogens with one attached hydrogen (secondary N) is 3. The zero-order valence-electron chi connectivity index (χ0n) is 12.1. The van der Waals surface area contributed by atoms with Gasteiger partial charge in [0.05, 0.1) is 0 Å². The van der Waals surface area contributed by atoms with Crippen molar-refractivity contribution in [1.29, 1.82) is 0 Å². The summed E-state index contributed by atoms with van der Waals surface area (Å²) in [6.07, 6.45) is 12.6. The van der Waals surface area contributed by atoms with Crippen molar-refractivity contribution in [3.05, 3.63) is 18.2 Å². The minimum atomic E-state index is 0.604. The van der Waals surface area contributed by atoms with E-state index in [2.05, 4.69) is 27.5 Å². The van der Waals surface area contributed by atoms with Crippen LogP contribution in [-0.4, -0.2) is 35.1 Å². The Hall–Kier alpha value is -0.870. The molecule has 1 aliphatic heterocycles. The SMILES string of the molecule is CC(CC1CCCCCN1)NCCCc1ncc[nH]1. The summed E-state index contributed by atoms with van der Waals surface area (Å²) in [5, 5.41) is 7.30. The van der Waals surface area contributed by atoms with Crippen LogP contribution >= 0.6 is 0 Å². The third-order valence-corrected chi connectivity index (χ3v) is 3.94. The summed E-state index contributed by atoms with van der Waals surface area (Å²) in [5.74, 6) is 1.10. The number of nitrogens with zero attached hydrogens (tertiary/aromatic N) is 1. The van der Waals surface area contributed by atoms with Crippen LogP contribution in [0.1, 0.15) is 51.3 Å². The van der Waals surface area contributed by atoms with Crippen LogP contribution in [0.2, 0.25) is 0 Å². The largest absolute Gasteiger partial charge is 0.349 e. The molecule has 2 unspecified atom stereocenters. The number of aromatic nitrogens is 2. The maximum atomic E-state index is 4.24. The topological polar surface area (TPSA) is 52.7 Å². The van der Waals surface area contributed by atoms with Crippen LogP contribution in [0.4, 0.5) is 0 Å². The lowest BCUT2D eigenvalue weighted by Gasteiger charge is -2.21. The fraction of sp³-hybridized carbons (Fsp3) is 0.800. The second-order valence-corrected chi connectivity index (χ2v) is 5.73. The van der Waals surface area contributed by atoms with E-state index >= 15 is 0 Å². The summed E-state index contributed by atoms with van der Waals surface area (Å²) < 4.78 is 0. The van der Waals surface area contributed by atoms with Gasteiger partial charge in [0.2, 0.25) is 0 Å². The van der Waals surface area contributed by atoms with E-state index in [4.69, 9.17) is 0 Å². The van der Waals surface area contributed by atoms with Gasteiger partial charge in [-0.3, -0.25) is 0 Å². The van der Waals surface area contributed by atoms with Crippen molar-refractivity contribution in [2.45, 2.75) is 64.0 Å². The highest BCUT2D eigenvalue weighted by Crippen LogP contribution is 2.12. The predicted molar refractivity (Wildman–Crippen MR) is 79.2 cm³/mol. The minimum absolute atomic E-state index is 0.604. The maximum absolute atomic E-state index is 4.24. The molecule has 0 spiro atoms. The summed E-state index contributed by atoms with van der Waals surface area (Å²) in [6.45, 7) is 4.59. The Morgan fingerprint density at radius 1 is 1.42 bits per heavy atom. The molecule has 0 radical (unpaired) electrons. The highest BCUT2D eigenvalue weighted by atomic mass is 14.9. The molecule has 0 aliphatic carbocycles. The van der Waals surface area contributed by atoms with Gasteiger partial charge in [0.25, 0.3) is 0 Å².